The Balaban J connectivity index is 1.89. The fraction of sp³-hybridized carbons (Fsp3) is 0.611. The number of aryl methyl sites for hydroxylation is 1. The molecule has 0 aromatic heterocycles. The zero-order valence-corrected chi connectivity index (χ0v) is 13.0. The Hall–Kier alpha value is -1.35. The number of benzene rings is 1. The maximum absolute atomic E-state index is 13.2. The summed E-state index contributed by atoms with van der Waals surface area (Å²) in [6.45, 7) is 4.54. The molecule has 1 unspecified atom stereocenters. The van der Waals surface area contributed by atoms with Crippen LogP contribution in [-0.2, 0) is 10.2 Å². The Morgan fingerprint density at radius 1 is 1.38 bits per heavy atom. The van der Waals surface area contributed by atoms with Gasteiger partial charge in [0, 0.05) is 13.1 Å². The van der Waals surface area contributed by atoms with Gasteiger partial charge in [0.25, 0.3) is 0 Å². The number of carbonyl (C=O) groups is 1. The zero-order valence-electron chi connectivity index (χ0n) is 13.0. The molecular weight excluding hydrogens is 260 g/mol. The zero-order chi connectivity index (χ0) is 14.9. The molecule has 0 bridgehead atoms. The maximum Gasteiger partial charge on any atom is 0.233 e. The molecule has 1 aliphatic carbocycles. The van der Waals surface area contributed by atoms with E-state index in [4.69, 9.17) is 5.73 Å². The second-order valence-electron chi connectivity index (χ2n) is 6.80. The highest BCUT2D eigenvalue weighted by Gasteiger charge is 2.46. The lowest BCUT2D eigenvalue weighted by Gasteiger charge is -2.33. The molecule has 1 amide bonds. The highest BCUT2D eigenvalue weighted by atomic mass is 16.2. The summed E-state index contributed by atoms with van der Waals surface area (Å²) in [6, 6.07) is 8.55. The maximum atomic E-state index is 13.2. The molecule has 0 radical (unpaired) electrons. The van der Waals surface area contributed by atoms with E-state index >= 15 is 0 Å². The van der Waals surface area contributed by atoms with E-state index in [0.29, 0.717) is 18.4 Å². The largest absolute Gasteiger partial charge is 0.342 e. The molecule has 2 N–H and O–H groups in total. The van der Waals surface area contributed by atoms with E-state index in [1.54, 1.807) is 0 Å². The minimum atomic E-state index is -0.268. The Kier molecular flexibility index (Phi) is 4.03. The van der Waals surface area contributed by atoms with E-state index in [1.807, 2.05) is 0 Å². The Bertz CT molecular complexity index is 520. The van der Waals surface area contributed by atoms with Gasteiger partial charge >= 0.3 is 0 Å². The van der Waals surface area contributed by atoms with E-state index in [0.717, 1.165) is 45.2 Å². The standard InChI is InChI=1S/C18H26N2O/c1-14-5-4-6-16(11-14)18(8-2-3-9-18)17(21)20-10-7-15(12-19)13-20/h4-6,11,15H,2-3,7-10,12-13,19H2,1H3. The van der Waals surface area contributed by atoms with E-state index in [2.05, 4.69) is 36.1 Å². The van der Waals surface area contributed by atoms with Gasteiger partial charge in [0.05, 0.1) is 5.41 Å². The van der Waals surface area contributed by atoms with Crippen LogP contribution in [0, 0.1) is 12.8 Å². The number of amides is 1. The second kappa shape index (κ2) is 5.80. The third kappa shape index (κ3) is 2.59. The molecule has 1 saturated carbocycles. The molecule has 2 aliphatic rings. The van der Waals surface area contributed by atoms with Gasteiger partial charge in [0.1, 0.15) is 0 Å². The van der Waals surface area contributed by atoms with Crippen molar-refractivity contribution in [2.45, 2.75) is 44.4 Å². The minimum absolute atomic E-state index is 0.268. The predicted molar refractivity (Wildman–Crippen MR) is 85.1 cm³/mol. The van der Waals surface area contributed by atoms with Gasteiger partial charge in [-0.1, -0.05) is 42.7 Å². The van der Waals surface area contributed by atoms with E-state index in [1.165, 1.54) is 11.1 Å². The highest BCUT2D eigenvalue weighted by molar-refractivity contribution is 5.89. The first-order valence-corrected chi connectivity index (χ1v) is 8.22. The van der Waals surface area contributed by atoms with Gasteiger partial charge in [0.15, 0.2) is 0 Å². The summed E-state index contributed by atoms with van der Waals surface area (Å²) in [6.07, 6.45) is 5.38. The van der Waals surface area contributed by atoms with Gasteiger partial charge in [-0.25, -0.2) is 0 Å². The molecule has 3 heteroatoms. The summed E-state index contributed by atoms with van der Waals surface area (Å²) in [5.74, 6) is 0.839. The van der Waals surface area contributed by atoms with Gasteiger partial charge < -0.3 is 10.6 Å². The van der Waals surface area contributed by atoms with E-state index < -0.39 is 0 Å². The second-order valence-corrected chi connectivity index (χ2v) is 6.80. The van der Waals surface area contributed by atoms with Gasteiger partial charge in [-0.05, 0) is 44.2 Å². The van der Waals surface area contributed by atoms with Gasteiger partial charge in [-0.2, -0.15) is 0 Å². The highest BCUT2D eigenvalue weighted by Crippen LogP contribution is 2.43. The van der Waals surface area contributed by atoms with Crippen LogP contribution in [0.3, 0.4) is 0 Å². The Labute approximate surface area is 127 Å². The van der Waals surface area contributed by atoms with Crippen LogP contribution in [0.15, 0.2) is 24.3 Å². The van der Waals surface area contributed by atoms with Crippen molar-refractivity contribution in [3.63, 3.8) is 0 Å². The Morgan fingerprint density at radius 3 is 2.76 bits per heavy atom. The summed E-state index contributed by atoms with van der Waals surface area (Å²) in [5.41, 5.74) is 7.97. The average Bonchev–Trinajstić information content (AvgIpc) is 3.16. The molecule has 1 aromatic carbocycles. The van der Waals surface area contributed by atoms with Crippen LogP contribution >= 0.6 is 0 Å². The molecule has 114 valence electrons. The summed E-state index contributed by atoms with van der Waals surface area (Å²) >= 11 is 0. The van der Waals surface area contributed by atoms with Crippen LogP contribution in [0.5, 0.6) is 0 Å². The summed E-state index contributed by atoms with van der Waals surface area (Å²) in [4.78, 5) is 15.3. The van der Waals surface area contributed by atoms with Crippen molar-refractivity contribution in [3.05, 3.63) is 35.4 Å². The van der Waals surface area contributed by atoms with Crippen LogP contribution in [0.1, 0.15) is 43.2 Å². The van der Waals surface area contributed by atoms with Gasteiger partial charge in [-0.15, -0.1) is 0 Å². The normalized spacial score (nSPS) is 24.5. The number of hydrogen-bond donors (Lipinski definition) is 1. The van der Waals surface area contributed by atoms with Crippen molar-refractivity contribution in [2.75, 3.05) is 19.6 Å². The molecule has 1 heterocycles. The van der Waals surface area contributed by atoms with E-state index in [-0.39, 0.29) is 5.41 Å². The van der Waals surface area contributed by atoms with Crippen molar-refractivity contribution >= 4 is 5.91 Å². The number of hydrogen-bond acceptors (Lipinski definition) is 2. The molecule has 0 spiro atoms. The lowest BCUT2D eigenvalue weighted by molar-refractivity contribution is -0.136. The molecule has 21 heavy (non-hydrogen) atoms. The monoisotopic (exact) mass is 286 g/mol. The molecule has 1 saturated heterocycles. The van der Waals surface area contributed by atoms with Crippen LogP contribution in [0.2, 0.25) is 0 Å². The minimum Gasteiger partial charge on any atom is -0.342 e. The van der Waals surface area contributed by atoms with Crippen molar-refractivity contribution in [1.82, 2.24) is 4.90 Å². The van der Waals surface area contributed by atoms with Crippen molar-refractivity contribution in [3.8, 4) is 0 Å². The third-order valence-electron chi connectivity index (χ3n) is 5.34. The molecule has 1 aliphatic heterocycles. The number of carbonyl (C=O) groups excluding carboxylic acids is 1. The lowest BCUT2D eigenvalue weighted by atomic mass is 9.77. The average molecular weight is 286 g/mol. The third-order valence-corrected chi connectivity index (χ3v) is 5.34. The SMILES string of the molecule is Cc1cccc(C2(C(=O)N3CCC(CN)C3)CCCC2)c1. The van der Waals surface area contributed by atoms with Gasteiger partial charge in [-0.3, -0.25) is 4.79 Å². The quantitative estimate of drug-likeness (QED) is 0.928. The number of likely N-dealkylation sites (tertiary alicyclic amines) is 1. The molecule has 1 atom stereocenters. The van der Waals surface area contributed by atoms with Crippen molar-refractivity contribution in [2.24, 2.45) is 11.7 Å². The summed E-state index contributed by atoms with van der Waals surface area (Å²) in [5, 5.41) is 0. The fourth-order valence-corrected chi connectivity index (χ4v) is 4.06. The molecule has 3 rings (SSSR count). The predicted octanol–water partition coefficient (Wildman–Crippen LogP) is 2.61. The molecule has 3 nitrogen and oxygen atoms in total. The van der Waals surface area contributed by atoms with Crippen LogP contribution in [0.25, 0.3) is 0 Å². The summed E-state index contributed by atoms with van der Waals surface area (Å²) in [7, 11) is 0. The number of nitrogens with two attached hydrogens (primary N) is 1. The topological polar surface area (TPSA) is 46.3 Å². The van der Waals surface area contributed by atoms with Crippen molar-refractivity contribution < 1.29 is 4.79 Å². The van der Waals surface area contributed by atoms with Crippen LogP contribution in [-0.4, -0.2) is 30.4 Å². The first kappa shape index (κ1) is 14.6. The summed E-state index contributed by atoms with van der Waals surface area (Å²) < 4.78 is 0. The van der Waals surface area contributed by atoms with E-state index in [9.17, 15) is 4.79 Å². The molecule has 2 fully saturated rings. The number of rotatable bonds is 3. The first-order valence-electron chi connectivity index (χ1n) is 8.22. The smallest absolute Gasteiger partial charge is 0.233 e. The molecule has 1 aromatic rings. The van der Waals surface area contributed by atoms with Crippen LogP contribution in [0.4, 0.5) is 0 Å². The lowest BCUT2D eigenvalue weighted by Crippen LogP contribution is -2.44. The van der Waals surface area contributed by atoms with Crippen molar-refractivity contribution in [1.29, 1.82) is 0 Å². The number of nitrogens with zero attached hydrogens (tertiary/aromatic N) is 1. The van der Waals surface area contributed by atoms with Gasteiger partial charge in [0.2, 0.25) is 5.91 Å². The Morgan fingerprint density at radius 2 is 2.14 bits per heavy atom. The molecular formula is C18H26N2O. The fourth-order valence-electron chi connectivity index (χ4n) is 4.06. The first-order chi connectivity index (χ1) is 10.2. The van der Waals surface area contributed by atoms with Crippen LogP contribution < -0.4 is 5.73 Å².